The third-order valence-electron chi connectivity index (χ3n) is 4.26. The summed E-state index contributed by atoms with van der Waals surface area (Å²) in [5, 5.41) is 0. The lowest BCUT2D eigenvalue weighted by Gasteiger charge is -2.42. The lowest BCUT2D eigenvalue weighted by Crippen LogP contribution is -2.53. The van der Waals surface area contributed by atoms with E-state index in [9.17, 15) is 0 Å². The second-order valence-corrected chi connectivity index (χ2v) is 4.95. The van der Waals surface area contributed by atoms with E-state index in [-0.39, 0.29) is 5.54 Å². The van der Waals surface area contributed by atoms with Gasteiger partial charge in [-0.25, -0.2) is 0 Å². The largest absolute Gasteiger partial charge is 0.329 e. The second kappa shape index (κ2) is 7.55. The fourth-order valence-corrected chi connectivity index (χ4v) is 2.75. The van der Waals surface area contributed by atoms with Crippen molar-refractivity contribution < 1.29 is 0 Å². The topological polar surface area (TPSA) is 29.3 Å². The normalized spacial score (nSPS) is 12.1. The molecule has 1 rings (SSSR count). The van der Waals surface area contributed by atoms with Gasteiger partial charge in [0.15, 0.2) is 0 Å². The summed E-state index contributed by atoms with van der Waals surface area (Å²) in [7, 11) is 0. The predicted molar refractivity (Wildman–Crippen MR) is 79.8 cm³/mol. The first kappa shape index (κ1) is 15.2. The van der Waals surface area contributed by atoms with E-state index in [1.54, 1.807) is 0 Å². The van der Waals surface area contributed by atoms with Crippen molar-refractivity contribution in [2.75, 3.05) is 19.6 Å². The highest BCUT2D eigenvalue weighted by Gasteiger charge is 2.30. The minimum absolute atomic E-state index is 0.184. The molecular formula is C16H28N2. The van der Waals surface area contributed by atoms with Crippen molar-refractivity contribution in [3.63, 3.8) is 0 Å². The Morgan fingerprint density at radius 2 is 1.67 bits per heavy atom. The molecule has 0 radical (unpaired) electrons. The summed E-state index contributed by atoms with van der Waals surface area (Å²) in [5.74, 6) is 0. The monoisotopic (exact) mass is 248 g/mol. The third kappa shape index (κ3) is 3.56. The highest BCUT2D eigenvalue weighted by Crippen LogP contribution is 2.23. The molecule has 1 aromatic rings. The molecule has 0 fully saturated rings. The molecule has 1 aromatic carbocycles. The van der Waals surface area contributed by atoms with E-state index in [1.165, 1.54) is 5.56 Å². The van der Waals surface area contributed by atoms with Gasteiger partial charge in [0, 0.05) is 18.6 Å². The maximum absolute atomic E-state index is 6.03. The first-order valence-electron chi connectivity index (χ1n) is 7.21. The molecule has 0 unspecified atom stereocenters. The Kier molecular flexibility index (Phi) is 6.37. The predicted octanol–water partition coefficient (Wildman–Crippen LogP) is 3.07. The van der Waals surface area contributed by atoms with Crippen LogP contribution in [0.5, 0.6) is 0 Å². The lowest BCUT2D eigenvalue weighted by atomic mass is 9.90. The minimum atomic E-state index is 0.184. The van der Waals surface area contributed by atoms with Crippen LogP contribution in [0, 0.1) is 0 Å². The molecule has 102 valence electrons. The van der Waals surface area contributed by atoms with E-state index in [2.05, 4.69) is 56.0 Å². The zero-order chi connectivity index (χ0) is 13.4. The molecule has 0 aliphatic heterocycles. The Morgan fingerprint density at radius 1 is 1.06 bits per heavy atom. The number of nitrogens with two attached hydrogens (primary N) is 1. The number of benzene rings is 1. The average Bonchev–Trinajstić information content (AvgIpc) is 2.45. The number of nitrogens with zero attached hydrogens (tertiary/aromatic N) is 1. The summed E-state index contributed by atoms with van der Waals surface area (Å²) in [6, 6.07) is 10.7. The third-order valence-corrected chi connectivity index (χ3v) is 4.26. The van der Waals surface area contributed by atoms with Crippen molar-refractivity contribution in [3.8, 4) is 0 Å². The maximum atomic E-state index is 6.03. The van der Waals surface area contributed by atoms with Crippen molar-refractivity contribution in [1.29, 1.82) is 0 Å². The van der Waals surface area contributed by atoms with Gasteiger partial charge >= 0.3 is 0 Å². The second-order valence-electron chi connectivity index (χ2n) is 4.95. The van der Waals surface area contributed by atoms with Crippen molar-refractivity contribution in [2.24, 2.45) is 5.73 Å². The van der Waals surface area contributed by atoms with Crippen LogP contribution in [0.25, 0.3) is 0 Å². The molecule has 0 saturated carbocycles. The highest BCUT2D eigenvalue weighted by atomic mass is 15.2. The van der Waals surface area contributed by atoms with Gasteiger partial charge in [0.05, 0.1) is 0 Å². The molecule has 0 aliphatic rings. The molecule has 0 aliphatic carbocycles. The van der Waals surface area contributed by atoms with Gasteiger partial charge in [0.1, 0.15) is 0 Å². The summed E-state index contributed by atoms with van der Waals surface area (Å²) in [6.45, 7) is 9.66. The highest BCUT2D eigenvalue weighted by molar-refractivity contribution is 5.15. The van der Waals surface area contributed by atoms with Crippen LogP contribution in [-0.4, -0.2) is 30.1 Å². The van der Waals surface area contributed by atoms with Crippen molar-refractivity contribution in [3.05, 3.63) is 35.9 Å². The number of rotatable bonds is 8. The smallest absolute Gasteiger partial charge is 0.0326 e. The Balaban J connectivity index is 2.66. The molecular weight excluding hydrogens is 220 g/mol. The fraction of sp³-hybridized carbons (Fsp3) is 0.625. The van der Waals surface area contributed by atoms with E-state index in [0.717, 1.165) is 38.9 Å². The number of hydrogen-bond acceptors (Lipinski definition) is 2. The molecule has 2 heteroatoms. The van der Waals surface area contributed by atoms with Gasteiger partial charge in [-0.3, -0.25) is 4.90 Å². The first-order valence-corrected chi connectivity index (χ1v) is 7.21. The molecule has 0 bridgehead atoms. The van der Waals surface area contributed by atoms with Crippen LogP contribution in [-0.2, 0) is 6.42 Å². The van der Waals surface area contributed by atoms with Crippen LogP contribution in [0.1, 0.15) is 39.2 Å². The standard InChI is InChI=1S/C16H28N2/c1-4-16(5-2,14-17)18(6-3)13-12-15-10-8-7-9-11-15/h7-11H,4-6,12-14,17H2,1-3H3. The lowest BCUT2D eigenvalue weighted by molar-refractivity contribution is 0.0921. The summed E-state index contributed by atoms with van der Waals surface area (Å²) in [5.41, 5.74) is 7.63. The fourth-order valence-electron chi connectivity index (χ4n) is 2.75. The van der Waals surface area contributed by atoms with Crippen molar-refractivity contribution >= 4 is 0 Å². The van der Waals surface area contributed by atoms with Gasteiger partial charge in [0.25, 0.3) is 0 Å². The van der Waals surface area contributed by atoms with Gasteiger partial charge in [-0.1, -0.05) is 51.1 Å². The molecule has 0 aromatic heterocycles. The molecule has 0 spiro atoms. The van der Waals surface area contributed by atoms with Gasteiger partial charge in [-0.05, 0) is 31.4 Å². The Labute approximate surface area is 112 Å². The Morgan fingerprint density at radius 3 is 2.11 bits per heavy atom. The Hall–Kier alpha value is -0.860. The van der Waals surface area contributed by atoms with Gasteiger partial charge in [0.2, 0.25) is 0 Å². The zero-order valence-corrected chi connectivity index (χ0v) is 12.2. The van der Waals surface area contributed by atoms with Crippen LogP contribution >= 0.6 is 0 Å². The van der Waals surface area contributed by atoms with Gasteiger partial charge < -0.3 is 5.73 Å². The molecule has 0 saturated heterocycles. The van der Waals surface area contributed by atoms with E-state index >= 15 is 0 Å². The van der Waals surface area contributed by atoms with Crippen molar-refractivity contribution in [1.82, 2.24) is 4.90 Å². The number of likely N-dealkylation sites (N-methyl/N-ethyl adjacent to an activating group) is 1. The van der Waals surface area contributed by atoms with Crippen LogP contribution in [0.4, 0.5) is 0 Å². The summed E-state index contributed by atoms with van der Waals surface area (Å²) in [4.78, 5) is 2.56. The average molecular weight is 248 g/mol. The molecule has 18 heavy (non-hydrogen) atoms. The minimum Gasteiger partial charge on any atom is -0.329 e. The van der Waals surface area contributed by atoms with Crippen LogP contribution in [0.15, 0.2) is 30.3 Å². The summed E-state index contributed by atoms with van der Waals surface area (Å²) < 4.78 is 0. The molecule has 2 N–H and O–H groups in total. The molecule has 0 amide bonds. The van der Waals surface area contributed by atoms with Crippen molar-refractivity contribution in [2.45, 2.75) is 45.6 Å². The van der Waals surface area contributed by atoms with Gasteiger partial charge in [-0.2, -0.15) is 0 Å². The molecule has 0 atom stereocenters. The zero-order valence-electron chi connectivity index (χ0n) is 12.2. The van der Waals surface area contributed by atoms with E-state index in [0.29, 0.717) is 0 Å². The first-order chi connectivity index (χ1) is 8.72. The number of hydrogen-bond donors (Lipinski definition) is 1. The quantitative estimate of drug-likeness (QED) is 0.766. The van der Waals surface area contributed by atoms with Crippen LogP contribution in [0.3, 0.4) is 0 Å². The van der Waals surface area contributed by atoms with Gasteiger partial charge in [-0.15, -0.1) is 0 Å². The van der Waals surface area contributed by atoms with E-state index < -0.39 is 0 Å². The van der Waals surface area contributed by atoms with E-state index in [4.69, 9.17) is 5.73 Å². The van der Waals surface area contributed by atoms with E-state index in [1.807, 2.05) is 0 Å². The SMILES string of the molecule is CCN(CCc1ccccc1)C(CC)(CC)CN. The Bertz CT molecular complexity index is 309. The molecule has 2 nitrogen and oxygen atoms in total. The van der Waals surface area contributed by atoms with Crippen LogP contribution < -0.4 is 5.73 Å². The molecule has 0 heterocycles. The van der Waals surface area contributed by atoms with Crippen LogP contribution in [0.2, 0.25) is 0 Å². The summed E-state index contributed by atoms with van der Waals surface area (Å²) >= 11 is 0. The summed E-state index contributed by atoms with van der Waals surface area (Å²) in [6.07, 6.45) is 3.36. The maximum Gasteiger partial charge on any atom is 0.0326 e.